The minimum absolute atomic E-state index is 0.544. The van der Waals surface area contributed by atoms with Crippen molar-refractivity contribution in [2.45, 2.75) is 161 Å². The topological polar surface area (TPSA) is 20.2 Å². The van der Waals surface area contributed by atoms with Gasteiger partial charge in [0, 0.05) is 17.1 Å². The molecule has 1 N–H and O–H groups in total. The number of hydrogen-bond acceptors (Lipinski definition) is 3. The summed E-state index contributed by atoms with van der Waals surface area (Å²) in [6, 6.07) is 4.36. The van der Waals surface area contributed by atoms with Crippen LogP contribution in [0.15, 0.2) is 12.1 Å². The van der Waals surface area contributed by atoms with E-state index < -0.39 is 0 Å². The predicted octanol–water partition coefficient (Wildman–Crippen LogP) is 12.0. The molecular weight excluding hydrogens is 476 g/mol. The van der Waals surface area contributed by atoms with Crippen molar-refractivity contribution in [3.8, 4) is 5.75 Å². The largest absolute Gasteiger partial charge is 0.507 e. The number of unbranched alkanes of at least 4 members (excludes halogenated alkanes) is 18. The quantitative estimate of drug-likeness (QED) is 0.119. The van der Waals surface area contributed by atoms with Crippen LogP contribution in [0.3, 0.4) is 0 Å². The molecule has 1 aromatic carbocycles. The van der Waals surface area contributed by atoms with Crippen molar-refractivity contribution in [3.63, 3.8) is 0 Å². The lowest BCUT2D eigenvalue weighted by Gasteiger charge is -2.13. The summed E-state index contributed by atoms with van der Waals surface area (Å²) in [6.07, 6.45) is 28.0. The van der Waals surface area contributed by atoms with E-state index in [0.717, 1.165) is 17.1 Å². The second kappa shape index (κ2) is 25.0. The molecule has 0 aliphatic rings. The lowest BCUT2D eigenvalue weighted by molar-refractivity contribution is 0.465. The fourth-order valence-corrected chi connectivity index (χ4v) is 6.95. The van der Waals surface area contributed by atoms with Crippen molar-refractivity contribution in [3.05, 3.63) is 28.8 Å². The molecule has 0 fully saturated rings. The van der Waals surface area contributed by atoms with Gasteiger partial charge in [-0.3, -0.25) is 0 Å². The number of benzene rings is 1. The van der Waals surface area contributed by atoms with E-state index in [1.165, 1.54) is 151 Å². The average molecular weight is 537 g/mol. The van der Waals surface area contributed by atoms with Crippen molar-refractivity contribution in [1.82, 2.24) is 0 Å². The Labute approximate surface area is 234 Å². The number of hydrogen-bond donors (Lipinski definition) is 1. The third kappa shape index (κ3) is 18.1. The van der Waals surface area contributed by atoms with Crippen molar-refractivity contribution in [1.29, 1.82) is 0 Å². The Morgan fingerprint density at radius 3 is 1.36 bits per heavy atom. The van der Waals surface area contributed by atoms with Gasteiger partial charge in [0.2, 0.25) is 0 Å². The molecule has 0 amide bonds. The van der Waals surface area contributed by atoms with Gasteiger partial charge in [-0.1, -0.05) is 142 Å². The van der Waals surface area contributed by atoms with E-state index in [-0.39, 0.29) is 0 Å². The van der Waals surface area contributed by atoms with Crippen molar-refractivity contribution in [2.24, 2.45) is 0 Å². The molecule has 210 valence electrons. The SMILES string of the molecule is CCCCCCCCCCCCSCc1ccc(C)c(O)c1CSCCCCCCCCCCCC. The van der Waals surface area contributed by atoms with Crippen LogP contribution in [0.5, 0.6) is 5.75 Å². The first-order chi connectivity index (χ1) is 17.7. The second-order valence-electron chi connectivity index (χ2n) is 10.8. The third-order valence-corrected chi connectivity index (χ3v) is 9.53. The zero-order valence-electron chi connectivity index (χ0n) is 24.4. The highest BCUT2D eigenvalue weighted by atomic mass is 32.2. The van der Waals surface area contributed by atoms with Gasteiger partial charge in [0.05, 0.1) is 0 Å². The maximum Gasteiger partial charge on any atom is 0.122 e. The molecule has 0 atom stereocenters. The molecule has 0 radical (unpaired) electrons. The molecule has 36 heavy (non-hydrogen) atoms. The smallest absolute Gasteiger partial charge is 0.122 e. The van der Waals surface area contributed by atoms with Crippen molar-refractivity contribution < 1.29 is 5.11 Å². The molecule has 0 aliphatic carbocycles. The molecule has 0 heterocycles. The van der Waals surface area contributed by atoms with Crippen LogP contribution >= 0.6 is 23.5 Å². The summed E-state index contributed by atoms with van der Waals surface area (Å²) in [6.45, 7) is 6.61. The molecule has 0 saturated carbocycles. The van der Waals surface area contributed by atoms with Crippen LogP contribution in [0.4, 0.5) is 0 Å². The minimum atomic E-state index is 0.544. The van der Waals surface area contributed by atoms with E-state index in [0.29, 0.717) is 5.75 Å². The summed E-state index contributed by atoms with van der Waals surface area (Å²) in [4.78, 5) is 0. The van der Waals surface area contributed by atoms with E-state index >= 15 is 0 Å². The van der Waals surface area contributed by atoms with Gasteiger partial charge < -0.3 is 5.11 Å². The molecular formula is C33H60OS2. The molecule has 0 spiro atoms. The normalized spacial score (nSPS) is 11.4. The Balaban J connectivity index is 2.12. The Morgan fingerprint density at radius 2 is 0.917 bits per heavy atom. The summed E-state index contributed by atoms with van der Waals surface area (Å²) in [7, 11) is 0. The van der Waals surface area contributed by atoms with Gasteiger partial charge in [0.25, 0.3) is 0 Å². The van der Waals surface area contributed by atoms with Crippen molar-refractivity contribution in [2.75, 3.05) is 11.5 Å². The van der Waals surface area contributed by atoms with E-state index in [9.17, 15) is 5.11 Å². The number of rotatable bonds is 26. The zero-order chi connectivity index (χ0) is 26.1. The summed E-state index contributed by atoms with van der Waals surface area (Å²) in [5, 5.41) is 10.7. The van der Waals surface area contributed by atoms with Gasteiger partial charge in [-0.25, -0.2) is 0 Å². The van der Waals surface area contributed by atoms with E-state index in [2.05, 4.69) is 37.7 Å². The average Bonchev–Trinajstić information content (AvgIpc) is 2.88. The summed E-state index contributed by atoms with van der Waals surface area (Å²) in [5.74, 6) is 5.01. The molecule has 0 aromatic heterocycles. The molecule has 0 bridgehead atoms. The second-order valence-corrected chi connectivity index (χ2v) is 13.0. The lowest BCUT2D eigenvalue weighted by atomic mass is 10.1. The number of aryl methyl sites for hydroxylation is 1. The molecule has 0 unspecified atom stereocenters. The fraction of sp³-hybridized carbons (Fsp3) is 0.818. The van der Waals surface area contributed by atoms with Crippen LogP contribution in [0.25, 0.3) is 0 Å². The first-order valence-electron chi connectivity index (χ1n) is 15.7. The Kier molecular flexibility index (Phi) is 23.5. The Morgan fingerprint density at radius 1 is 0.528 bits per heavy atom. The minimum Gasteiger partial charge on any atom is -0.507 e. The van der Waals surface area contributed by atoms with Crippen molar-refractivity contribution >= 4 is 23.5 Å². The van der Waals surface area contributed by atoms with Crippen LogP contribution < -0.4 is 0 Å². The third-order valence-electron chi connectivity index (χ3n) is 7.37. The summed E-state index contributed by atoms with van der Waals surface area (Å²) >= 11 is 4.07. The molecule has 0 aliphatic heterocycles. The number of aromatic hydroxyl groups is 1. The molecule has 3 heteroatoms. The molecule has 0 saturated heterocycles. The summed E-state index contributed by atoms with van der Waals surface area (Å²) in [5.41, 5.74) is 3.57. The number of phenolic OH excluding ortho intramolecular Hbond substituents is 1. The van der Waals surface area contributed by atoms with Gasteiger partial charge in [0.15, 0.2) is 0 Å². The first kappa shape index (κ1) is 33.7. The highest BCUT2D eigenvalue weighted by Gasteiger charge is 2.11. The van der Waals surface area contributed by atoms with E-state index in [4.69, 9.17) is 0 Å². The fourth-order valence-electron chi connectivity index (χ4n) is 4.83. The van der Waals surface area contributed by atoms with Gasteiger partial charge in [-0.05, 0) is 42.4 Å². The standard InChI is InChI=1S/C33H60OS2/c1-4-6-8-10-12-14-16-18-20-22-26-35-28-31-25-24-30(3)33(34)32(31)29-36-27-23-21-19-17-15-13-11-9-7-5-2/h24-25,34H,4-23,26-29H2,1-3H3. The summed E-state index contributed by atoms with van der Waals surface area (Å²) < 4.78 is 0. The predicted molar refractivity (Wildman–Crippen MR) is 169 cm³/mol. The monoisotopic (exact) mass is 536 g/mol. The Bertz CT molecular complexity index is 616. The lowest BCUT2D eigenvalue weighted by Crippen LogP contribution is -1.95. The van der Waals surface area contributed by atoms with Crippen LogP contribution in [0.2, 0.25) is 0 Å². The maximum absolute atomic E-state index is 10.7. The van der Waals surface area contributed by atoms with Crippen LogP contribution in [-0.4, -0.2) is 16.6 Å². The molecule has 1 aromatic rings. The maximum atomic E-state index is 10.7. The van der Waals surface area contributed by atoms with E-state index in [1.54, 1.807) is 0 Å². The highest BCUT2D eigenvalue weighted by Crippen LogP contribution is 2.32. The van der Waals surface area contributed by atoms with Crippen LogP contribution in [-0.2, 0) is 11.5 Å². The van der Waals surface area contributed by atoms with E-state index in [1.807, 2.05) is 18.7 Å². The van der Waals surface area contributed by atoms with Gasteiger partial charge in [-0.2, -0.15) is 23.5 Å². The molecule has 1 rings (SSSR count). The first-order valence-corrected chi connectivity index (χ1v) is 18.0. The highest BCUT2D eigenvalue weighted by molar-refractivity contribution is 7.98. The number of thioether (sulfide) groups is 2. The molecule has 1 nitrogen and oxygen atoms in total. The van der Waals surface area contributed by atoms with Gasteiger partial charge >= 0.3 is 0 Å². The Hall–Kier alpha value is -0.280. The van der Waals surface area contributed by atoms with Gasteiger partial charge in [-0.15, -0.1) is 0 Å². The van der Waals surface area contributed by atoms with Gasteiger partial charge in [0.1, 0.15) is 5.75 Å². The van der Waals surface area contributed by atoms with Crippen LogP contribution in [0.1, 0.15) is 159 Å². The number of phenols is 1. The van der Waals surface area contributed by atoms with Crippen LogP contribution in [0, 0.1) is 6.92 Å². The zero-order valence-corrected chi connectivity index (χ0v) is 26.0.